The van der Waals surface area contributed by atoms with Crippen LogP contribution in [-0.4, -0.2) is 71.0 Å². The summed E-state index contributed by atoms with van der Waals surface area (Å²) >= 11 is 6.25. The molecule has 0 bridgehead atoms. The van der Waals surface area contributed by atoms with Gasteiger partial charge in [-0.05, 0) is 57.0 Å². The molecule has 0 aliphatic carbocycles. The van der Waals surface area contributed by atoms with Crippen molar-refractivity contribution in [3.05, 3.63) is 34.9 Å². The highest BCUT2D eigenvalue weighted by molar-refractivity contribution is 14.0. The van der Waals surface area contributed by atoms with E-state index in [2.05, 4.69) is 41.6 Å². The molecule has 1 fully saturated rings. The summed E-state index contributed by atoms with van der Waals surface area (Å²) in [6.07, 6.45) is 2.37. The Balaban J connectivity index is 0.00000420. The monoisotopic (exact) mass is 538 g/mol. The molecule has 29 heavy (non-hydrogen) atoms. The molecule has 6 nitrogen and oxygen atoms in total. The van der Waals surface area contributed by atoms with Gasteiger partial charge >= 0.3 is 0 Å². The van der Waals surface area contributed by atoms with Crippen molar-refractivity contribution in [3.63, 3.8) is 0 Å². The first-order chi connectivity index (χ1) is 13.7. The first-order valence-electron chi connectivity index (χ1n) is 10.2. The Hall–Kier alpha value is -0.610. The fourth-order valence-electron chi connectivity index (χ4n) is 3.70. The Morgan fingerprint density at radius 2 is 2.10 bits per heavy atom. The van der Waals surface area contributed by atoms with Crippen LogP contribution in [0.15, 0.2) is 29.3 Å². The van der Waals surface area contributed by atoms with Crippen LogP contribution < -0.4 is 10.6 Å². The normalized spacial score (nSPS) is 20.2. The Kier molecular flexibility index (Phi) is 13.9. The average Bonchev–Trinajstić information content (AvgIpc) is 2.68. The predicted molar refractivity (Wildman–Crippen MR) is 132 cm³/mol. The van der Waals surface area contributed by atoms with Crippen LogP contribution in [-0.2, 0) is 9.47 Å². The molecule has 2 N–H and O–H groups in total. The minimum absolute atomic E-state index is 0. The second kappa shape index (κ2) is 15.2. The van der Waals surface area contributed by atoms with Crippen LogP contribution >= 0.6 is 35.6 Å². The number of methoxy groups -OCH3 is 1. The van der Waals surface area contributed by atoms with Crippen molar-refractivity contribution in [2.45, 2.75) is 25.8 Å². The van der Waals surface area contributed by atoms with Gasteiger partial charge in [-0.3, -0.25) is 9.89 Å². The summed E-state index contributed by atoms with van der Waals surface area (Å²) in [4.78, 5) is 7.29. The van der Waals surface area contributed by atoms with Crippen LogP contribution in [0, 0.1) is 5.92 Å². The maximum atomic E-state index is 6.25. The highest BCUT2D eigenvalue weighted by atomic mass is 127. The number of guanidine groups is 1. The number of halogens is 2. The van der Waals surface area contributed by atoms with E-state index in [-0.39, 0.29) is 24.0 Å². The third kappa shape index (κ3) is 9.38. The highest BCUT2D eigenvalue weighted by Gasteiger charge is 2.30. The molecule has 1 saturated heterocycles. The number of hydrogen-bond acceptors (Lipinski definition) is 4. The molecule has 0 saturated carbocycles. The van der Waals surface area contributed by atoms with Crippen molar-refractivity contribution >= 4 is 41.5 Å². The van der Waals surface area contributed by atoms with E-state index in [4.69, 9.17) is 26.1 Å². The van der Waals surface area contributed by atoms with Gasteiger partial charge in [0, 0.05) is 37.8 Å². The number of rotatable bonds is 10. The van der Waals surface area contributed by atoms with Gasteiger partial charge in [-0.15, -0.1) is 24.0 Å². The SMILES string of the molecule is CCNC(=NCC1CCCN(C)C1c1cccc(Cl)c1)NCCOCCOC.I. The van der Waals surface area contributed by atoms with E-state index in [0.717, 1.165) is 37.2 Å². The number of nitrogens with one attached hydrogen (secondary N) is 2. The lowest BCUT2D eigenvalue weighted by atomic mass is 9.85. The van der Waals surface area contributed by atoms with Gasteiger partial charge in [0.05, 0.1) is 19.8 Å². The molecule has 1 aliphatic heterocycles. The van der Waals surface area contributed by atoms with Gasteiger partial charge in [0.25, 0.3) is 0 Å². The molecule has 1 aliphatic rings. The number of likely N-dealkylation sites (tertiary alicyclic amines) is 1. The number of hydrogen-bond donors (Lipinski definition) is 2. The average molecular weight is 539 g/mol. The summed E-state index contributed by atoms with van der Waals surface area (Å²) < 4.78 is 10.5. The van der Waals surface area contributed by atoms with Crippen LogP contribution in [0.25, 0.3) is 0 Å². The van der Waals surface area contributed by atoms with Crippen LogP contribution in [0.3, 0.4) is 0 Å². The molecule has 1 heterocycles. The maximum Gasteiger partial charge on any atom is 0.191 e. The van der Waals surface area contributed by atoms with Crippen LogP contribution in [0.4, 0.5) is 0 Å². The summed E-state index contributed by atoms with van der Waals surface area (Å²) in [6, 6.07) is 8.58. The summed E-state index contributed by atoms with van der Waals surface area (Å²) in [7, 11) is 3.87. The van der Waals surface area contributed by atoms with Gasteiger partial charge in [0.2, 0.25) is 0 Å². The zero-order chi connectivity index (χ0) is 20.2. The van der Waals surface area contributed by atoms with Crippen molar-refractivity contribution in [1.82, 2.24) is 15.5 Å². The van der Waals surface area contributed by atoms with Gasteiger partial charge in [-0.2, -0.15) is 0 Å². The summed E-state index contributed by atoms with van der Waals surface area (Å²) in [5.74, 6) is 1.31. The molecule has 166 valence electrons. The largest absolute Gasteiger partial charge is 0.382 e. The lowest BCUT2D eigenvalue weighted by Gasteiger charge is -2.39. The van der Waals surface area contributed by atoms with Crippen LogP contribution in [0.5, 0.6) is 0 Å². The molecule has 0 amide bonds. The minimum Gasteiger partial charge on any atom is -0.382 e. The van der Waals surface area contributed by atoms with Gasteiger partial charge in [-0.25, -0.2) is 0 Å². The zero-order valence-electron chi connectivity index (χ0n) is 17.8. The van der Waals surface area contributed by atoms with E-state index in [1.54, 1.807) is 7.11 Å². The molecule has 2 atom stereocenters. The van der Waals surface area contributed by atoms with Crippen molar-refractivity contribution in [3.8, 4) is 0 Å². The molecular formula is C21H36ClIN4O2. The molecule has 1 aromatic rings. The third-order valence-electron chi connectivity index (χ3n) is 5.00. The number of nitrogens with zero attached hydrogens (tertiary/aromatic N) is 2. The van der Waals surface area contributed by atoms with Crippen molar-refractivity contribution < 1.29 is 9.47 Å². The Labute approximate surface area is 197 Å². The van der Waals surface area contributed by atoms with Gasteiger partial charge in [0.1, 0.15) is 0 Å². The second-order valence-corrected chi connectivity index (χ2v) is 7.57. The summed E-state index contributed by atoms with van der Waals surface area (Å²) in [6.45, 7) is 7.38. The van der Waals surface area contributed by atoms with Gasteiger partial charge in [0.15, 0.2) is 5.96 Å². The van der Waals surface area contributed by atoms with Crippen molar-refractivity contribution in [1.29, 1.82) is 0 Å². The molecule has 0 radical (unpaired) electrons. The topological polar surface area (TPSA) is 58.1 Å². The number of piperidine rings is 1. The maximum absolute atomic E-state index is 6.25. The molecule has 1 aromatic carbocycles. The molecule has 0 aromatic heterocycles. The first kappa shape index (κ1) is 26.4. The van der Waals surface area contributed by atoms with Crippen molar-refractivity contribution in [2.75, 3.05) is 60.2 Å². The second-order valence-electron chi connectivity index (χ2n) is 7.13. The lowest BCUT2D eigenvalue weighted by molar-refractivity contribution is 0.0733. The van der Waals surface area contributed by atoms with E-state index >= 15 is 0 Å². The standard InChI is InChI=1S/C21H35ClN4O2.HI/c1-4-23-21(24-10-12-28-14-13-27-3)25-16-18-8-6-11-26(2)20(18)17-7-5-9-19(22)15-17;/h5,7,9,15,18,20H,4,6,8,10-14,16H2,1-3H3,(H2,23,24,25);1H. The Morgan fingerprint density at radius 3 is 2.83 bits per heavy atom. The molecule has 8 heteroatoms. The number of benzene rings is 1. The van der Waals surface area contributed by atoms with Crippen LogP contribution in [0.2, 0.25) is 5.02 Å². The molecule has 0 spiro atoms. The smallest absolute Gasteiger partial charge is 0.191 e. The van der Waals surface area contributed by atoms with Crippen LogP contribution in [0.1, 0.15) is 31.4 Å². The molecular weight excluding hydrogens is 503 g/mol. The first-order valence-corrected chi connectivity index (χ1v) is 10.6. The van der Waals surface area contributed by atoms with E-state index in [0.29, 0.717) is 31.8 Å². The highest BCUT2D eigenvalue weighted by Crippen LogP contribution is 2.36. The Morgan fingerprint density at radius 1 is 1.28 bits per heavy atom. The van der Waals surface area contributed by atoms with E-state index in [1.807, 2.05) is 12.1 Å². The van der Waals surface area contributed by atoms with Gasteiger partial charge < -0.3 is 20.1 Å². The third-order valence-corrected chi connectivity index (χ3v) is 5.23. The summed E-state index contributed by atoms with van der Waals surface area (Å²) in [5, 5.41) is 7.47. The van der Waals surface area contributed by atoms with E-state index < -0.39 is 0 Å². The fraction of sp³-hybridized carbons (Fsp3) is 0.667. The Bertz CT molecular complexity index is 606. The zero-order valence-corrected chi connectivity index (χ0v) is 20.9. The molecule has 2 unspecified atom stereocenters. The number of aliphatic imine (C=N–C) groups is 1. The van der Waals surface area contributed by atoms with Crippen molar-refractivity contribution in [2.24, 2.45) is 10.9 Å². The van der Waals surface area contributed by atoms with E-state index in [9.17, 15) is 0 Å². The minimum atomic E-state index is 0. The number of ether oxygens (including phenoxy) is 2. The summed E-state index contributed by atoms with van der Waals surface area (Å²) in [5.41, 5.74) is 1.28. The van der Waals surface area contributed by atoms with E-state index in [1.165, 1.54) is 18.4 Å². The predicted octanol–water partition coefficient (Wildman–Crippen LogP) is 3.56. The lowest BCUT2D eigenvalue weighted by Crippen LogP contribution is -2.41. The molecule has 2 rings (SSSR count). The van der Waals surface area contributed by atoms with Gasteiger partial charge in [-0.1, -0.05) is 23.7 Å². The quantitative estimate of drug-likeness (QED) is 0.207. The fourth-order valence-corrected chi connectivity index (χ4v) is 3.90.